The summed E-state index contributed by atoms with van der Waals surface area (Å²) in [5.41, 5.74) is 2.68. The van der Waals surface area contributed by atoms with E-state index < -0.39 is 6.16 Å². The van der Waals surface area contributed by atoms with Gasteiger partial charge in [-0.1, -0.05) is 31.1 Å². The first kappa shape index (κ1) is 18.5. The van der Waals surface area contributed by atoms with Crippen molar-refractivity contribution < 1.29 is 24.2 Å². The van der Waals surface area contributed by atoms with Gasteiger partial charge in [0.05, 0.1) is 0 Å². The van der Waals surface area contributed by atoms with Crippen molar-refractivity contribution in [1.82, 2.24) is 0 Å². The summed E-state index contributed by atoms with van der Waals surface area (Å²) < 4.78 is 4.56. The van der Waals surface area contributed by atoms with Gasteiger partial charge in [0.1, 0.15) is 0 Å². The third-order valence-corrected chi connectivity index (χ3v) is 8.06. The first-order valence-electron chi connectivity index (χ1n) is 10.1. The van der Waals surface area contributed by atoms with Gasteiger partial charge in [-0.3, -0.25) is 9.59 Å². The predicted molar refractivity (Wildman–Crippen MR) is 99.2 cm³/mol. The van der Waals surface area contributed by atoms with Crippen LogP contribution in [-0.4, -0.2) is 29.4 Å². The Bertz CT molecular complexity index is 763. The zero-order valence-electron chi connectivity index (χ0n) is 16.1. The first-order chi connectivity index (χ1) is 12.8. The minimum Gasteiger partial charge on any atom is -0.450 e. The van der Waals surface area contributed by atoms with Crippen LogP contribution in [0.3, 0.4) is 0 Å². The molecule has 0 aromatic carbocycles. The molecule has 146 valence electrons. The molecule has 4 aliphatic rings. The smallest absolute Gasteiger partial charge is 0.450 e. The molecular weight excluding hydrogens is 344 g/mol. The van der Waals surface area contributed by atoms with Crippen LogP contribution >= 0.6 is 0 Å². The van der Waals surface area contributed by atoms with Gasteiger partial charge in [0.2, 0.25) is 0 Å². The summed E-state index contributed by atoms with van der Waals surface area (Å²) in [6, 6.07) is 0. The van der Waals surface area contributed by atoms with E-state index in [0.29, 0.717) is 18.3 Å². The van der Waals surface area contributed by atoms with E-state index in [4.69, 9.17) is 5.11 Å². The molecule has 5 atom stereocenters. The molecule has 4 aliphatic carbocycles. The molecule has 5 heteroatoms. The van der Waals surface area contributed by atoms with Crippen LogP contribution in [0.15, 0.2) is 23.3 Å². The average molecular weight is 372 g/mol. The van der Waals surface area contributed by atoms with E-state index in [9.17, 15) is 14.4 Å². The van der Waals surface area contributed by atoms with E-state index in [1.165, 1.54) is 11.1 Å². The highest BCUT2D eigenvalue weighted by Crippen LogP contribution is 2.64. The van der Waals surface area contributed by atoms with Crippen LogP contribution in [0, 0.1) is 28.6 Å². The molecule has 0 bridgehead atoms. The molecule has 0 aliphatic heterocycles. The molecule has 5 unspecified atom stereocenters. The van der Waals surface area contributed by atoms with Crippen molar-refractivity contribution in [2.24, 2.45) is 28.6 Å². The number of fused-ring (bicyclic) bond motifs is 5. The highest BCUT2D eigenvalue weighted by atomic mass is 16.7. The number of Topliss-reactive ketones (excluding diaryl/α,β-unsaturated/α-hetero) is 1. The van der Waals surface area contributed by atoms with Crippen LogP contribution in [0.1, 0.15) is 58.8 Å². The second kappa shape index (κ2) is 6.32. The topological polar surface area (TPSA) is 80.7 Å². The molecular formula is C22H28O5. The molecule has 0 heterocycles. The first-order valence-corrected chi connectivity index (χ1v) is 10.1. The number of hydrogen-bond donors (Lipinski definition) is 1. The number of carboxylic acid groups (broad SMARTS) is 1. The summed E-state index contributed by atoms with van der Waals surface area (Å²) in [5.74, 6) is 0.971. The van der Waals surface area contributed by atoms with Gasteiger partial charge >= 0.3 is 6.16 Å². The van der Waals surface area contributed by atoms with Crippen LogP contribution in [-0.2, 0) is 14.3 Å². The average Bonchev–Trinajstić information content (AvgIpc) is 2.97. The molecule has 0 radical (unpaired) electrons. The molecule has 0 aromatic heterocycles. The molecule has 0 aromatic rings. The van der Waals surface area contributed by atoms with Crippen molar-refractivity contribution in [3.63, 3.8) is 0 Å². The van der Waals surface area contributed by atoms with Crippen LogP contribution in [0.5, 0.6) is 0 Å². The maximum atomic E-state index is 12.6. The van der Waals surface area contributed by atoms with Crippen LogP contribution in [0.25, 0.3) is 0 Å². The van der Waals surface area contributed by atoms with E-state index in [-0.39, 0.29) is 34.9 Å². The summed E-state index contributed by atoms with van der Waals surface area (Å²) in [6.07, 6.45) is 9.08. The summed E-state index contributed by atoms with van der Waals surface area (Å²) in [4.78, 5) is 35.2. The minimum atomic E-state index is -1.39. The monoisotopic (exact) mass is 372 g/mol. The normalized spacial score (nSPS) is 40.2. The third-order valence-electron chi connectivity index (χ3n) is 8.06. The van der Waals surface area contributed by atoms with Crippen LogP contribution in [0.4, 0.5) is 4.79 Å². The zero-order valence-corrected chi connectivity index (χ0v) is 16.1. The lowest BCUT2D eigenvalue weighted by Crippen LogP contribution is -2.45. The lowest BCUT2D eigenvalue weighted by molar-refractivity contribution is -0.130. The summed E-state index contributed by atoms with van der Waals surface area (Å²) in [5, 5.41) is 8.70. The maximum absolute atomic E-state index is 12.6. The lowest BCUT2D eigenvalue weighted by atomic mass is 9.51. The summed E-state index contributed by atoms with van der Waals surface area (Å²) >= 11 is 0. The van der Waals surface area contributed by atoms with Crippen molar-refractivity contribution in [2.75, 3.05) is 6.61 Å². The number of allylic oxidation sites excluding steroid dienone is 4. The SMILES string of the molecule is CC12CCC(=O)C=C1CCC1C2=CCC2(C)C(C(=O)COC(=O)O)CCC12. The second-order valence-corrected chi connectivity index (χ2v) is 9.24. The highest BCUT2D eigenvalue weighted by molar-refractivity contribution is 5.92. The Kier molecular flexibility index (Phi) is 4.32. The van der Waals surface area contributed by atoms with Crippen molar-refractivity contribution in [1.29, 1.82) is 0 Å². The van der Waals surface area contributed by atoms with E-state index in [1.54, 1.807) is 0 Å². The lowest BCUT2D eigenvalue weighted by Gasteiger charge is -2.53. The molecule has 2 fully saturated rings. The van der Waals surface area contributed by atoms with Gasteiger partial charge in [0, 0.05) is 17.8 Å². The maximum Gasteiger partial charge on any atom is 0.506 e. The predicted octanol–water partition coefficient (Wildman–Crippen LogP) is 4.32. The van der Waals surface area contributed by atoms with Gasteiger partial charge in [-0.15, -0.1) is 0 Å². The van der Waals surface area contributed by atoms with Gasteiger partial charge in [0.15, 0.2) is 18.2 Å². The van der Waals surface area contributed by atoms with Gasteiger partial charge in [-0.05, 0) is 61.9 Å². The van der Waals surface area contributed by atoms with E-state index in [2.05, 4.69) is 24.7 Å². The fraction of sp³-hybridized carbons (Fsp3) is 0.682. The van der Waals surface area contributed by atoms with E-state index in [0.717, 1.165) is 38.5 Å². The van der Waals surface area contributed by atoms with Crippen LogP contribution in [0.2, 0.25) is 0 Å². The molecule has 4 rings (SSSR count). The Hall–Kier alpha value is -1.91. The van der Waals surface area contributed by atoms with E-state index >= 15 is 0 Å². The minimum absolute atomic E-state index is 0.00662. The number of ether oxygens (including phenoxy) is 1. The largest absolute Gasteiger partial charge is 0.506 e. The standard InChI is InChI=1S/C22H28O5/c1-21-9-7-14(23)11-13(21)3-4-15-16-5-6-18(19(24)12-27-20(25)26)22(16,2)10-8-17(15)21/h8,11,15-16,18H,3-7,9-10,12H2,1-2H3,(H,25,26). The molecule has 0 spiro atoms. The number of carbonyl (C=O) groups is 3. The Morgan fingerprint density at radius 2 is 2.00 bits per heavy atom. The Balaban J connectivity index is 1.61. The number of rotatable bonds is 3. The molecule has 5 nitrogen and oxygen atoms in total. The second-order valence-electron chi connectivity index (χ2n) is 9.24. The van der Waals surface area contributed by atoms with Crippen molar-refractivity contribution in [2.45, 2.75) is 58.8 Å². The Labute approximate surface area is 159 Å². The Morgan fingerprint density at radius 3 is 2.74 bits per heavy atom. The zero-order chi connectivity index (χ0) is 19.4. The number of hydrogen-bond acceptors (Lipinski definition) is 4. The van der Waals surface area contributed by atoms with Gasteiger partial charge in [0.25, 0.3) is 0 Å². The van der Waals surface area contributed by atoms with Gasteiger partial charge in [-0.2, -0.15) is 0 Å². The summed E-state index contributed by atoms with van der Waals surface area (Å²) in [7, 11) is 0. The molecule has 1 N–H and O–H groups in total. The molecule has 27 heavy (non-hydrogen) atoms. The van der Waals surface area contributed by atoms with Gasteiger partial charge < -0.3 is 9.84 Å². The van der Waals surface area contributed by atoms with Gasteiger partial charge in [-0.25, -0.2) is 4.79 Å². The highest BCUT2D eigenvalue weighted by Gasteiger charge is 2.57. The van der Waals surface area contributed by atoms with Crippen molar-refractivity contribution in [3.05, 3.63) is 23.3 Å². The van der Waals surface area contributed by atoms with E-state index in [1.807, 2.05) is 6.08 Å². The molecule has 0 saturated heterocycles. The number of carbonyl (C=O) groups excluding carboxylic acids is 2. The quantitative estimate of drug-likeness (QED) is 0.589. The fourth-order valence-electron chi connectivity index (χ4n) is 6.62. The van der Waals surface area contributed by atoms with Crippen LogP contribution < -0.4 is 0 Å². The summed E-state index contributed by atoms with van der Waals surface area (Å²) in [6.45, 7) is 4.17. The third kappa shape index (κ3) is 2.77. The molecule has 0 amide bonds. The van der Waals surface area contributed by atoms with Crippen molar-refractivity contribution in [3.8, 4) is 0 Å². The number of ketones is 2. The van der Waals surface area contributed by atoms with Crippen molar-refractivity contribution >= 4 is 17.7 Å². The molecule has 2 saturated carbocycles. The Morgan fingerprint density at radius 1 is 1.22 bits per heavy atom. The fourth-order valence-corrected chi connectivity index (χ4v) is 6.62.